The van der Waals surface area contributed by atoms with Crippen molar-refractivity contribution in [3.05, 3.63) is 34.2 Å². The van der Waals surface area contributed by atoms with Gasteiger partial charge in [0, 0.05) is 31.3 Å². The molecule has 0 unspecified atom stereocenters. The Kier molecular flexibility index (Phi) is 3.05. The minimum absolute atomic E-state index is 0.00838. The Morgan fingerprint density at radius 3 is 2.92 bits per heavy atom. The number of aromatic nitrogens is 1. The van der Waals surface area contributed by atoms with Gasteiger partial charge in [-0.3, -0.25) is 4.79 Å². The molecular weight excluding hydrogens is 154 g/mol. The van der Waals surface area contributed by atoms with Crippen LogP contribution in [0.5, 0.6) is 0 Å². The number of aliphatic hydroxyl groups is 1. The van der Waals surface area contributed by atoms with Gasteiger partial charge in [-0.15, -0.1) is 0 Å². The molecule has 1 aromatic heterocycles. The first-order valence-electron chi connectivity index (χ1n) is 4.08. The van der Waals surface area contributed by atoms with E-state index in [0.717, 1.165) is 0 Å². The van der Waals surface area contributed by atoms with Gasteiger partial charge in [0.25, 0.3) is 5.56 Å². The van der Waals surface area contributed by atoms with E-state index in [4.69, 9.17) is 5.11 Å². The molecule has 66 valence electrons. The molecule has 0 amide bonds. The van der Waals surface area contributed by atoms with Crippen LogP contribution < -0.4 is 5.56 Å². The zero-order valence-corrected chi connectivity index (χ0v) is 7.16. The van der Waals surface area contributed by atoms with Crippen LogP contribution in [-0.4, -0.2) is 16.3 Å². The minimum atomic E-state index is 0.00838. The lowest BCUT2D eigenvalue weighted by atomic mass is 10.2. The van der Waals surface area contributed by atoms with E-state index in [2.05, 4.69) is 0 Å². The van der Waals surface area contributed by atoms with E-state index in [1.54, 1.807) is 16.8 Å². The van der Waals surface area contributed by atoms with E-state index in [9.17, 15) is 4.79 Å². The zero-order chi connectivity index (χ0) is 8.97. The van der Waals surface area contributed by atoms with Gasteiger partial charge in [-0.25, -0.2) is 0 Å². The molecule has 1 aromatic rings. The van der Waals surface area contributed by atoms with Crippen molar-refractivity contribution in [2.24, 2.45) is 0 Å². The van der Waals surface area contributed by atoms with E-state index in [1.165, 1.54) is 0 Å². The second-order valence-electron chi connectivity index (χ2n) is 2.60. The molecule has 12 heavy (non-hydrogen) atoms. The third kappa shape index (κ3) is 1.74. The van der Waals surface area contributed by atoms with Crippen molar-refractivity contribution >= 4 is 0 Å². The first-order valence-corrected chi connectivity index (χ1v) is 4.08. The van der Waals surface area contributed by atoms with Gasteiger partial charge in [-0.2, -0.15) is 0 Å². The summed E-state index contributed by atoms with van der Waals surface area (Å²) in [5, 5.41) is 8.66. The monoisotopic (exact) mass is 167 g/mol. The van der Waals surface area contributed by atoms with Gasteiger partial charge < -0.3 is 9.67 Å². The summed E-state index contributed by atoms with van der Waals surface area (Å²) in [6, 6.07) is 3.58. The molecule has 0 aliphatic heterocycles. The fourth-order valence-corrected chi connectivity index (χ4v) is 1.15. The number of nitrogens with zero attached hydrogens (tertiary/aromatic N) is 1. The largest absolute Gasteiger partial charge is 0.396 e. The maximum atomic E-state index is 11.4. The molecule has 0 aliphatic rings. The number of aryl methyl sites for hydroxylation is 1. The Morgan fingerprint density at radius 2 is 2.33 bits per heavy atom. The van der Waals surface area contributed by atoms with Crippen LogP contribution >= 0.6 is 0 Å². The summed E-state index contributed by atoms with van der Waals surface area (Å²) in [6.45, 7) is 2.63. The fraction of sp³-hybridized carbons (Fsp3) is 0.444. The van der Waals surface area contributed by atoms with Gasteiger partial charge in [-0.1, -0.05) is 6.07 Å². The highest BCUT2D eigenvalue weighted by Gasteiger charge is 1.99. The molecule has 0 bridgehead atoms. The lowest BCUT2D eigenvalue weighted by Crippen LogP contribution is -2.22. The highest BCUT2D eigenvalue weighted by atomic mass is 16.3. The van der Waals surface area contributed by atoms with E-state index in [-0.39, 0.29) is 12.2 Å². The molecule has 1 rings (SSSR count). The standard InChI is InChI=1S/C9H13NO2/c1-2-10-6-3-4-8(5-7-11)9(10)12/h3-4,6,11H,2,5,7H2,1H3. The predicted molar refractivity (Wildman–Crippen MR) is 47.2 cm³/mol. The number of hydrogen-bond donors (Lipinski definition) is 1. The SMILES string of the molecule is CCn1cccc(CCO)c1=O. The molecule has 0 aromatic carbocycles. The topological polar surface area (TPSA) is 42.2 Å². The molecule has 1 N–H and O–H groups in total. The molecule has 0 aliphatic carbocycles. The number of pyridine rings is 1. The van der Waals surface area contributed by atoms with E-state index in [0.29, 0.717) is 18.5 Å². The lowest BCUT2D eigenvalue weighted by Gasteiger charge is -2.03. The average Bonchev–Trinajstić information content (AvgIpc) is 2.09. The Morgan fingerprint density at radius 1 is 1.58 bits per heavy atom. The van der Waals surface area contributed by atoms with Crippen molar-refractivity contribution in [1.82, 2.24) is 4.57 Å². The molecule has 0 fully saturated rings. The van der Waals surface area contributed by atoms with Gasteiger partial charge in [0.05, 0.1) is 0 Å². The van der Waals surface area contributed by atoms with Gasteiger partial charge in [-0.05, 0) is 13.0 Å². The normalized spacial score (nSPS) is 10.2. The van der Waals surface area contributed by atoms with Crippen LogP contribution in [0.15, 0.2) is 23.1 Å². The fourth-order valence-electron chi connectivity index (χ4n) is 1.15. The van der Waals surface area contributed by atoms with Crippen molar-refractivity contribution in [2.45, 2.75) is 19.9 Å². The summed E-state index contributed by atoms with van der Waals surface area (Å²) in [6.07, 6.45) is 2.20. The maximum absolute atomic E-state index is 11.4. The third-order valence-corrected chi connectivity index (χ3v) is 1.82. The van der Waals surface area contributed by atoms with Crippen LogP contribution in [0.3, 0.4) is 0 Å². The Hall–Kier alpha value is -1.09. The molecule has 0 atom stereocenters. The van der Waals surface area contributed by atoms with E-state index >= 15 is 0 Å². The van der Waals surface area contributed by atoms with Crippen molar-refractivity contribution in [1.29, 1.82) is 0 Å². The quantitative estimate of drug-likeness (QED) is 0.708. The lowest BCUT2D eigenvalue weighted by molar-refractivity contribution is 0.299. The van der Waals surface area contributed by atoms with Crippen LogP contribution in [0.25, 0.3) is 0 Å². The summed E-state index contributed by atoms with van der Waals surface area (Å²) >= 11 is 0. The van der Waals surface area contributed by atoms with Crippen LogP contribution in [0.2, 0.25) is 0 Å². The highest BCUT2D eigenvalue weighted by Crippen LogP contribution is 1.92. The minimum Gasteiger partial charge on any atom is -0.396 e. The van der Waals surface area contributed by atoms with Gasteiger partial charge in [0.2, 0.25) is 0 Å². The predicted octanol–water partition coefficient (Wildman–Crippen LogP) is 0.403. The molecule has 0 saturated heterocycles. The smallest absolute Gasteiger partial charge is 0.253 e. The first-order chi connectivity index (χ1) is 5.79. The number of rotatable bonds is 3. The van der Waals surface area contributed by atoms with Crippen molar-refractivity contribution in [3.63, 3.8) is 0 Å². The molecule has 0 saturated carbocycles. The molecular formula is C9H13NO2. The Labute approximate surface area is 71.3 Å². The van der Waals surface area contributed by atoms with Crippen LogP contribution in [0.1, 0.15) is 12.5 Å². The van der Waals surface area contributed by atoms with E-state index < -0.39 is 0 Å². The second kappa shape index (κ2) is 4.07. The van der Waals surface area contributed by atoms with Gasteiger partial charge >= 0.3 is 0 Å². The highest BCUT2D eigenvalue weighted by molar-refractivity contribution is 5.10. The van der Waals surface area contributed by atoms with Crippen LogP contribution in [0.4, 0.5) is 0 Å². The number of aliphatic hydroxyl groups excluding tert-OH is 1. The van der Waals surface area contributed by atoms with Crippen molar-refractivity contribution in [2.75, 3.05) is 6.61 Å². The molecule has 1 heterocycles. The summed E-state index contributed by atoms with van der Waals surface area (Å²) in [4.78, 5) is 11.4. The van der Waals surface area contributed by atoms with Crippen LogP contribution in [-0.2, 0) is 13.0 Å². The summed E-state index contributed by atoms with van der Waals surface area (Å²) in [7, 11) is 0. The zero-order valence-electron chi connectivity index (χ0n) is 7.16. The van der Waals surface area contributed by atoms with Crippen LogP contribution in [0, 0.1) is 0 Å². The average molecular weight is 167 g/mol. The second-order valence-corrected chi connectivity index (χ2v) is 2.60. The van der Waals surface area contributed by atoms with Gasteiger partial charge in [0.15, 0.2) is 0 Å². The Balaban J connectivity index is 3.06. The van der Waals surface area contributed by atoms with E-state index in [1.807, 2.05) is 13.0 Å². The molecule has 3 nitrogen and oxygen atoms in total. The molecule has 0 radical (unpaired) electrons. The number of hydrogen-bond acceptors (Lipinski definition) is 2. The molecule has 0 spiro atoms. The van der Waals surface area contributed by atoms with Crippen molar-refractivity contribution < 1.29 is 5.11 Å². The molecule has 3 heteroatoms. The summed E-state index contributed by atoms with van der Waals surface area (Å²) in [5.74, 6) is 0. The summed E-state index contributed by atoms with van der Waals surface area (Å²) in [5.41, 5.74) is 0.691. The van der Waals surface area contributed by atoms with Gasteiger partial charge in [0.1, 0.15) is 0 Å². The third-order valence-electron chi connectivity index (χ3n) is 1.82. The van der Waals surface area contributed by atoms with Crippen molar-refractivity contribution in [3.8, 4) is 0 Å². The maximum Gasteiger partial charge on any atom is 0.253 e. The Bertz CT molecular complexity index is 304. The summed E-state index contributed by atoms with van der Waals surface area (Å²) < 4.78 is 1.63. The first kappa shape index (κ1) is 9.00.